The van der Waals surface area contributed by atoms with E-state index in [1.54, 1.807) is 6.33 Å². The summed E-state index contributed by atoms with van der Waals surface area (Å²) in [4.78, 5) is 0. The van der Waals surface area contributed by atoms with Gasteiger partial charge < -0.3 is 10.3 Å². The number of hydrogen-bond donors (Lipinski definition) is 1. The van der Waals surface area contributed by atoms with E-state index in [1.807, 2.05) is 11.6 Å². The van der Waals surface area contributed by atoms with Crippen LogP contribution in [0.1, 0.15) is 25.7 Å². The molecule has 2 N–H and O–H groups in total. The summed E-state index contributed by atoms with van der Waals surface area (Å²) in [6.45, 7) is 4.14. The van der Waals surface area contributed by atoms with Crippen LogP contribution in [0, 0.1) is 5.92 Å². The Hall–Kier alpha value is -0.900. The fraction of sp³-hybridized carbons (Fsp3) is 0.714. The molecule has 1 heterocycles. The maximum atomic E-state index is 5.86. The molecule has 0 aliphatic rings. The lowest BCUT2D eigenvalue weighted by molar-refractivity contribution is 0.476. The van der Waals surface area contributed by atoms with E-state index in [1.165, 1.54) is 0 Å². The second-order valence-corrected chi connectivity index (χ2v) is 3.07. The number of nitrogens with two attached hydrogens (primary N) is 1. The first kappa shape index (κ1) is 8.20. The van der Waals surface area contributed by atoms with Crippen LogP contribution >= 0.6 is 0 Å². The van der Waals surface area contributed by atoms with E-state index < -0.39 is 0 Å². The summed E-state index contributed by atoms with van der Waals surface area (Å²) in [5.41, 5.74) is 5.86. The highest BCUT2D eigenvalue weighted by molar-refractivity contribution is 4.93. The molecular weight excluding hydrogens is 140 g/mol. The molecule has 0 radical (unpaired) electrons. The van der Waals surface area contributed by atoms with Gasteiger partial charge in [-0.1, -0.05) is 13.8 Å². The molecule has 0 saturated heterocycles. The van der Waals surface area contributed by atoms with Crippen molar-refractivity contribution in [3.63, 3.8) is 0 Å². The van der Waals surface area contributed by atoms with Gasteiger partial charge in [0, 0.05) is 7.05 Å². The van der Waals surface area contributed by atoms with Gasteiger partial charge in [-0.05, 0) is 5.92 Å². The van der Waals surface area contributed by atoms with Gasteiger partial charge in [-0.3, -0.25) is 0 Å². The van der Waals surface area contributed by atoms with Gasteiger partial charge in [-0.2, -0.15) is 0 Å². The van der Waals surface area contributed by atoms with Crippen LogP contribution in [0.3, 0.4) is 0 Å². The third kappa shape index (κ3) is 1.57. The number of aromatic nitrogens is 3. The molecule has 1 unspecified atom stereocenters. The molecule has 11 heavy (non-hydrogen) atoms. The third-order valence-corrected chi connectivity index (χ3v) is 1.76. The average molecular weight is 154 g/mol. The zero-order chi connectivity index (χ0) is 8.43. The van der Waals surface area contributed by atoms with E-state index in [2.05, 4.69) is 24.0 Å². The van der Waals surface area contributed by atoms with Crippen molar-refractivity contribution in [3.8, 4) is 0 Å². The second-order valence-electron chi connectivity index (χ2n) is 3.07. The molecule has 1 aromatic heterocycles. The third-order valence-electron chi connectivity index (χ3n) is 1.76. The molecule has 0 saturated carbocycles. The Morgan fingerprint density at radius 3 is 2.55 bits per heavy atom. The summed E-state index contributed by atoms with van der Waals surface area (Å²) in [5.74, 6) is 1.25. The van der Waals surface area contributed by atoms with E-state index in [-0.39, 0.29) is 6.04 Å². The lowest BCUT2D eigenvalue weighted by Gasteiger charge is -2.13. The van der Waals surface area contributed by atoms with E-state index >= 15 is 0 Å². The van der Waals surface area contributed by atoms with Gasteiger partial charge >= 0.3 is 0 Å². The number of aryl methyl sites for hydroxylation is 1. The van der Waals surface area contributed by atoms with Gasteiger partial charge in [0.15, 0.2) is 0 Å². The molecule has 0 bridgehead atoms. The quantitative estimate of drug-likeness (QED) is 0.673. The molecule has 0 aliphatic carbocycles. The molecule has 0 aromatic carbocycles. The van der Waals surface area contributed by atoms with Gasteiger partial charge in [0.2, 0.25) is 0 Å². The molecule has 1 rings (SSSR count). The van der Waals surface area contributed by atoms with E-state index in [0.29, 0.717) is 5.92 Å². The van der Waals surface area contributed by atoms with Crippen LogP contribution in [0.2, 0.25) is 0 Å². The van der Waals surface area contributed by atoms with Gasteiger partial charge in [-0.15, -0.1) is 10.2 Å². The summed E-state index contributed by atoms with van der Waals surface area (Å²) in [5, 5.41) is 7.68. The van der Waals surface area contributed by atoms with E-state index in [9.17, 15) is 0 Å². The minimum absolute atomic E-state index is 0.0116. The molecule has 0 spiro atoms. The van der Waals surface area contributed by atoms with Crippen LogP contribution in [-0.4, -0.2) is 14.8 Å². The molecule has 0 amide bonds. The number of hydrogen-bond acceptors (Lipinski definition) is 3. The van der Waals surface area contributed by atoms with Crippen molar-refractivity contribution in [2.75, 3.05) is 0 Å². The normalized spacial score (nSPS) is 13.9. The predicted molar refractivity (Wildman–Crippen MR) is 42.8 cm³/mol. The SMILES string of the molecule is CC(C)C(N)c1nncn1C. The molecule has 62 valence electrons. The molecule has 4 heteroatoms. The van der Waals surface area contributed by atoms with Crippen molar-refractivity contribution < 1.29 is 0 Å². The summed E-state index contributed by atoms with van der Waals surface area (Å²) in [6.07, 6.45) is 1.66. The highest BCUT2D eigenvalue weighted by atomic mass is 15.3. The minimum Gasteiger partial charge on any atom is -0.321 e. The Labute approximate surface area is 66.4 Å². The number of nitrogens with zero attached hydrogens (tertiary/aromatic N) is 3. The highest BCUT2D eigenvalue weighted by Crippen LogP contribution is 2.14. The average Bonchev–Trinajstić information content (AvgIpc) is 2.33. The Kier molecular flexibility index (Phi) is 2.24. The fourth-order valence-electron chi connectivity index (χ4n) is 0.892. The first-order valence-corrected chi connectivity index (χ1v) is 3.72. The smallest absolute Gasteiger partial charge is 0.149 e. The van der Waals surface area contributed by atoms with Crippen LogP contribution in [0.4, 0.5) is 0 Å². The van der Waals surface area contributed by atoms with Gasteiger partial charge in [-0.25, -0.2) is 0 Å². The molecule has 4 nitrogen and oxygen atoms in total. The van der Waals surface area contributed by atoms with Crippen LogP contribution in [0.15, 0.2) is 6.33 Å². The van der Waals surface area contributed by atoms with Crippen LogP contribution in [-0.2, 0) is 7.05 Å². The van der Waals surface area contributed by atoms with Crippen molar-refractivity contribution in [1.29, 1.82) is 0 Å². The van der Waals surface area contributed by atoms with Gasteiger partial charge in [0.05, 0.1) is 6.04 Å². The lowest BCUT2D eigenvalue weighted by atomic mass is 10.1. The van der Waals surface area contributed by atoms with Crippen LogP contribution < -0.4 is 5.73 Å². The summed E-state index contributed by atoms with van der Waals surface area (Å²) < 4.78 is 1.85. The van der Waals surface area contributed by atoms with E-state index in [0.717, 1.165) is 5.82 Å². The van der Waals surface area contributed by atoms with Gasteiger partial charge in [0.25, 0.3) is 0 Å². The van der Waals surface area contributed by atoms with Crippen molar-refractivity contribution in [1.82, 2.24) is 14.8 Å². The predicted octanol–water partition coefficient (Wildman–Crippen LogP) is 0.471. The van der Waals surface area contributed by atoms with Crippen molar-refractivity contribution >= 4 is 0 Å². The van der Waals surface area contributed by atoms with Crippen molar-refractivity contribution in [3.05, 3.63) is 12.2 Å². The minimum atomic E-state index is -0.0116. The largest absolute Gasteiger partial charge is 0.321 e. The van der Waals surface area contributed by atoms with E-state index in [4.69, 9.17) is 5.73 Å². The number of rotatable bonds is 2. The topological polar surface area (TPSA) is 56.7 Å². The zero-order valence-corrected chi connectivity index (χ0v) is 7.15. The lowest BCUT2D eigenvalue weighted by Crippen LogP contribution is -2.20. The Morgan fingerprint density at radius 2 is 2.18 bits per heavy atom. The zero-order valence-electron chi connectivity index (χ0n) is 7.15. The summed E-state index contributed by atoms with van der Waals surface area (Å²) in [7, 11) is 1.90. The maximum absolute atomic E-state index is 5.86. The van der Waals surface area contributed by atoms with Crippen LogP contribution in [0.25, 0.3) is 0 Å². The maximum Gasteiger partial charge on any atom is 0.149 e. The second kappa shape index (κ2) is 3.00. The summed E-state index contributed by atoms with van der Waals surface area (Å²) >= 11 is 0. The van der Waals surface area contributed by atoms with Crippen molar-refractivity contribution in [2.45, 2.75) is 19.9 Å². The van der Waals surface area contributed by atoms with Crippen LogP contribution in [0.5, 0.6) is 0 Å². The first-order chi connectivity index (χ1) is 5.13. The first-order valence-electron chi connectivity index (χ1n) is 3.72. The molecule has 1 aromatic rings. The standard InChI is InChI=1S/C7H14N4/c1-5(2)6(8)7-10-9-4-11(7)3/h4-6H,8H2,1-3H3. The van der Waals surface area contributed by atoms with Gasteiger partial charge in [0.1, 0.15) is 12.2 Å². The Balaban J connectivity index is 2.84. The van der Waals surface area contributed by atoms with Crippen molar-refractivity contribution in [2.24, 2.45) is 18.7 Å². The monoisotopic (exact) mass is 154 g/mol. The molecule has 1 atom stereocenters. The molecule has 0 aliphatic heterocycles. The Bertz CT molecular complexity index is 228. The molecule has 0 fully saturated rings. The molecular formula is C7H14N4. The Morgan fingerprint density at radius 1 is 1.55 bits per heavy atom. The highest BCUT2D eigenvalue weighted by Gasteiger charge is 2.14. The summed E-state index contributed by atoms with van der Waals surface area (Å²) in [6, 6.07) is -0.0116. The fourth-order valence-corrected chi connectivity index (χ4v) is 0.892.